The van der Waals surface area contributed by atoms with Gasteiger partial charge in [0.15, 0.2) is 0 Å². The SMILES string of the molecule is CC/C=C/N1CCN(C)CC1.CNc1ccc(C)cc1. The minimum atomic E-state index is 1.15. The molecule has 0 saturated carbocycles. The molecule has 0 unspecified atom stereocenters. The smallest absolute Gasteiger partial charge is 0.0337 e. The molecule has 1 N–H and O–H groups in total. The molecule has 1 aromatic carbocycles. The number of piperazine rings is 1. The second-order valence-electron chi connectivity index (χ2n) is 5.25. The molecule has 0 bridgehead atoms. The molecule has 0 aliphatic carbocycles. The molecule has 112 valence electrons. The van der Waals surface area contributed by atoms with Crippen molar-refractivity contribution in [3.63, 3.8) is 0 Å². The Balaban J connectivity index is 0.000000204. The Morgan fingerprint density at radius 3 is 2.20 bits per heavy atom. The maximum Gasteiger partial charge on any atom is 0.0337 e. The van der Waals surface area contributed by atoms with Gasteiger partial charge in [-0.25, -0.2) is 0 Å². The zero-order valence-corrected chi connectivity index (χ0v) is 13.4. The van der Waals surface area contributed by atoms with E-state index < -0.39 is 0 Å². The first-order chi connectivity index (χ1) is 9.65. The molecule has 1 aromatic rings. The lowest BCUT2D eigenvalue weighted by Crippen LogP contribution is -2.41. The van der Waals surface area contributed by atoms with Crippen LogP contribution >= 0.6 is 0 Å². The Hall–Kier alpha value is -1.48. The number of likely N-dealkylation sites (N-methyl/N-ethyl adjacent to an activating group) is 1. The summed E-state index contributed by atoms with van der Waals surface area (Å²) in [5.41, 5.74) is 2.47. The first kappa shape index (κ1) is 16.6. The third-order valence-corrected chi connectivity index (χ3v) is 3.43. The summed E-state index contributed by atoms with van der Waals surface area (Å²) < 4.78 is 0. The van der Waals surface area contributed by atoms with E-state index in [9.17, 15) is 0 Å². The highest BCUT2D eigenvalue weighted by atomic mass is 15.2. The third-order valence-electron chi connectivity index (χ3n) is 3.43. The summed E-state index contributed by atoms with van der Waals surface area (Å²) in [6.45, 7) is 9.04. The lowest BCUT2D eigenvalue weighted by Gasteiger charge is -2.31. The Morgan fingerprint density at radius 1 is 1.10 bits per heavy atom. The monoisotopic (exact) mass is 275 g/mol. The van der Waals surface area contributed by atoms with Gasteiger partial charge in [0, 0.05) is 38.9 Å². The van der Waals surface area contributed by atoms with Gasteiger partial charge in [0.05, 0.1) is 0 Å². The van der Waals surface area contributed by atoms with Crippen LogP contribution in [0.3, 0.4) is 0 Å². The molecule has 0 radical (unpaired) electrons. The Morgan fingerprint density at radius 2 is 1.70 bits per heavy atom. The Bertz CT molecular complexity index is 376. The lowest BCUT2D eigenvalue weighted by molar-refractivity contribution is 0.198. The van der Waals surface area contributed by atoms with Gasteiger partial charge in [-0.15, -0.1) is 0 Å². The molecule has 2 rings (SSSR count). The van der Waals surface area contributed by atoms with Crippen LogP contribution in [0.2, 0.25) is 0 Å². The number of anilines is 1. The van der Waals surface area contributed by atoms with Gasteiger partial charge in [0.2, 0.25) is 0 Å². The third kappa shape index (κ3) is 6.62. The van der Waals surface area contributed by atoms with Gasteiger partial charge >= 0.3 is 0 Å². The van der Waals surface area contributed by atoms with Crippen LogP contribution in [-0.4, -0.2) is 50.1 Å². The standard InChI is InChI=1S/C9H18N2.C8H11N/c1-3-4-5-11-8-6-10(2)7-9-11;1-7-3-5-8(9-2)6-4-7/h4-5H,3,6-9H2,1-2H3;3-6,9H,1-2H3/b5-4+;. The van der Waals surface area contributed by atoms with Gasteiger partial charge in [0.25, 0.3) is 0 Å². The number of hydrogen-bond donors (Lipinski definition) is 1. The van der Waals surface area contributed by atoms with Crippen LogP contribution in [-0.2, 0) is 0 Å². The molecule has 1 fully saturated rings. The first-order valence-electron chi connectivity index (χ1n) is 7.49. The molecule has 0 amide bonds. The molecule has 3 nitrogen and oxygen atoms in total. The van der Waals surface area contributed by atoms with E-state index in [0.717, 1.165) is 6.42 Å². The molecular weight excluding hydrogens is 246 g/mol. The van der Waals surface area contributed by atoms with Crippen molar-refractivity contribution in [1.82, 2.24) is 9.80 Å². The second-order valence-corrected chi connectivity index (χ2v) is 5.25. The van der Waals surface area contributed by atoms with Crippen molar-refractivity contribution in [2.24, 2.45) is 0 Å². The van der Waals surface area contributed by atoms with Crippen molar-refractivity contribution in [2.75, 3.05) is 45.6 Å². The summed E-state index contributed by atoms with van der Waals surface area (Å²) in [7, 11) is 4.10. The zero-order chi connectivity index (χ0) is 14.8. The Kier molecular flexibility index (Phi) is 7.81. The summed E-state index contributed by atoms with van der Waals surface area (Å²) in [5.74, 6) is 0. The molecule has 3 heteroatoms. The summed E-state index contributed by atoms with van der Waals surface area (Å²) >= 11 is 0. The highest BCUT2D eigenvalue weighted by Gasteiger charge is 2.08. The number of hydrogen-bond acceptors (Lipinski definition) is 3. The van der Waals surface area contributed by atoms with Crippen molar-refractivity contribution in [3.05, 3.63) is 42.1 Å². The molecule has 1 aliphatic heterocycles. The summed E-state index contributed by atoms with van der Waals surface area (Å²) in [4.78, 5) is 4.76. The minimum absolute atomic E-state index is 1.15. The number of nitrogens with zero attached hydrogens (tertiary/aromatic N) is 2. The van der Waals surface area contributed by atoms with Crippen molar-refractivity contribution in [3.8, 4) is 0 Å². The predicted octanol–water partition coefficient (Wildman–Crippen LogP) is 3.19. The molecule has 1 heterocycles. The molecule has 0 spiro atoms. The number of rotatable bonds is 3. The van der Waals surface area contributed by atoms with Gasteiger partial charge in [0.1, 0.15) is 0 Å². The maximum absolute atomic E-state index is 3.05. The van der Waals surface area contributed by atoms with Crippen LogP contribution in [0, 0.1) is 6.92 Å². The van der Waals surface area contributed by atoms with Crippen LogP contribution in [0.1, 0.15) is 18.9 Å². The summed E-state index contributed by atoms with van der Waals surface area (Å²) in [5, 5.41) is 3.05. The average molecular weight is 275 g/mol. The number of allylic oxidation sites excluding steroid dienone is 1. The summed E-state index contributed by atoms with van der Waals surface area (Å²) in [6.07, 6.45) is 5.60. The quantitative estimate of drug-likeness (QED) is 0.914. The first-order valence-corrected chi connectivity index (χ1v) is 7.49. The normalized spacial score (nSPS) is 15.9. The second kappa shape index (κ2) is 9.43. The van der Waals surface area contributed by atoms with E-state index in [4.69, 9.17) is 0 Å². The van der Waals surface area contributed by atoms with Crippen LogP contribution in [0.5, 0.6) is 0 Å². The average Bonchev–Trinajstić information content (AvgIpc) is 2.48. The van der Waals surface area contributed by atoms with Gasteiger partial charge in [-0.2, -0.15) is 0 Å². The fraction of sp³-hybridized carbons (Fsp3) is 0.529. The van der Waals surface area contributed by atoms with Gasteiger partial charge in [-0.05, 0) is 38.7 Å². The molecule has 1 aliphatic rings. The van der Waals surface area contributed by atoms with Crippen LogP contribution in [0.4, 0.5) is 5.69 Å². The van der Waals surface area contributed by atoms with E-state index >= 15 is 0 Å². The fourth-order valence-corrected chi connectivity index (χ4v) is 1.95. The Labute approximate surface area is 124 Å². The molecule has 20 heavy (non-hydrogen) atoms. The largest absolute Gasteiger partial charge is 0.388 e. The number of benzene rings is 1. The van der Waals surface area contributed by atoms with Gasteiger partial charge < -0.3 is 15.1 Å². The molecular formula is C17H29N3. The van der Waals surface area contributed by atoms with E-state index in [0.29, 0.717) is 0 Å². The van der Waals surface area contributed by atoms with E-state index in [1.165, 1.54) is 37.4 Å². The fourth-order valence-electron chi connectivity index (χ4n) is 1.95. The molecule has 1 saturated heterocycles. The molecule has 0 aromatic heterocycles. The number of aryl methyl sites for hydroxylation is 1. The van der Waals surface area contributed by atoms with Gasteiger partial charge in [-0.3, -0.25) is 0 Å². The molecule has 0 atom stereocenters. The van der Waals surface area contributed by atoms with Crippen LogP contribution in [0.15, 0.2) is 36.5 Å². The van der Waals surface area contributed by atoms with Crippen LogP contribution < -0.4 is 5.32 Å². The lowest BCUT2D eigenvalue weighted by atomic mass is 10.2. The van der Waals surface area contributed by atoms with Crippen LogP contribution in [0.25, 0.3) is 0 Å². The topological polar surface area (TPSA) is 18.5 Å². The van der Waals surface area contributed by atoms with Crippen molar-refractivity contribution >= 4 is 5.69 Å². The zero-order valence-electron chi connectivity index (χ0n) is 13.4. The van der Waals surface area contributed by atoms with Crippen molar-refractivity contribution < 1.29 is 0 Å². The predicted molar refractivity (Wildman–Crippen MR) is 89.2 cm³/mol. The van der Waals surface area contributed by atoms with E-state index in [1.54, 1.807) is 0 Å². The highest BCUT2D eigenvalue weighted by molar-refractivity contribution is 5.43. The van der Waals surface area contributed by atoms with E-state index in [2.05, 4.69) is 72.6 Å². The maximum atomic E-state index is 3.05. The highest BCUT2D eigenvalue weighted by Crippen LogP contribution is 2.06. The van der Waals surface area contributed by atoms with Crippen molar-refractivity contribution in [1.29, 1.82) is 0 Å². The van der Waals surface area contributed by atoms with Crippen molar-refractivity contribution in [2.45, 2.75) is 20.3 Å². The number of nitrogens with one attached hydrogen (secondary N) is 1. The van der Waals surface area contributed by atoms with E-state index in [1.807, 2.05) is 7.05 Å². The van der Waals surface area contributed by atoms with Gasteiger partial charge in [-0.1, -0.05) is 30.7 Å². The summed E-state index contributed by atoms with van der Waals surface area (Å²) in [6, 6.07) is 8.31. The minimum Gasteiger partial charge on any atom is -0.388 e. The van der Waals surface area contributed by atoms with E-state index in [-0.39, 0.29) is 0 Å².